The standard InChI is InChI=1S/C21H15FN4O4/c1-28-17-4-2-3-13(22)19(17)14-8-12-15(9-23-14)25-26-20(12)24-21(27)11-5-6-16-18(7-11)30-10-29-16/h2-9H,10H2,1H3,(H2,24,25,26,27). The largest absolute Gasteiger partial charge is 0.496 e. The molecule has 2 aromatic carbocycles. The van der Waals surface area contributed by atoms with Crippen molar-refractivity contribution in [3.63, 3.8) is 0 Å². The summed E-state index contributed by atoms with van der Waals surface area (Å²) in [6.07, 6.45) is 1.53. The van der Waals surface area contributed by atoms with Gasteiger partial charge < -0.3 is 19.5 Å². The molecule has 4 aromatic rings. The van der Waals surface area contributed by atoms with Gasteiger partial charge in [0, 0.05) is 10.9 Å². The number of rotatable bonds is 4. The van der Waals surface area contributed by atoms with Crippen LogP contribution in [0, 0.1) is 5.82 Å². The number of hydrogen-bond acceptors (Lipinski definition) is 6. The molecule has 1 aliphatic heterocycles. The van der Waals surface area contributed by atoms with Crippen LogP contribution in [0.5, 0.6) is 17.2 Å². The van der Waals surface area contributed by atoms with Crippen molar-refractivity contribution in [3.8, 4) is 28.5 Å². The van der Waals surface area contributed by atoms with Crippen LogP contribution in [0.3, 0.4) is 0 Å². The van der Waals surface area contributed by atoms with Crippen LogP contribution in [0.4, 0.5) is 10.2 Å². The molecule has 0 atom stereocenters. The molecule has 1 aliphatic rings. The van der Waals surface area contributed by atoms with Gasteiger partial charge in [0.25, 0.3) is 5.91 Å². The van der Waals surface area contributed by atoms with E-state index in [9.17, 15) is 9.18 Å². The van der Waals surface area contributed by atoms with E-state index in [2.05, 4.69) is 20.5 Å². The molecule has 0 spiro atoms. The summed E-state index contributed by atoms with van der Waals surface area (Å²) in [6.45, 7) is 0.125. The summed E-state index contributed by atoms with van der Waals surface area (Å²) >= 11 is 0. The van der Waals surface area contributed by atoms with Gasteiger partial charge in [-0.05, 0) is 36.4 Å². The third-order valence-corrected chi connectivity index (χ3v) is 4.77. The maximum Gasteiger partial charge on any atom is 0.257 e. The lowest BCUT2D eigenvalue weighted by atomic mass is 10.1. The lowest BCUT2D eigenvalue weighted by molar-refractivity contribution is 0.102. The van der Waals surface area contributed by atoms with Crippen molar-refractivity contribution in [3.05, 3.63) is 60.0 Å². The molecule has 0 saturated carbocycles. The molecule has 8 nitrogen and oxygen atoms in total. The summed E-state index contributed by atoms with van der Waals surface area (Å²) in [5.41, 5.74) is 1.57. The van der Waals surface area contributed by atoms with Gasteiger partial charge in [-0.2, -0.15) is 5.10 Å². The minimum Gasteiger partial charge on any atom is -0.496 e. The van der Waals surface area contributed by atoms with Crippen molar-refractivity contribution in [1.82, 2.24) is 15.2 Å². The number of halogens is 1. The number of fused-ring (bicyclic) bond motifs is 2. The van der Waals surface area contributed by atoms with E-state index in [1.54, 1.807) is 36.4 Å². The molecule has 0 bridgehead atoms. The monoisotopic (exact) mass is 406 g/mol. The van der Waals surface area contributed by atoms with E-state index >= 15 is 0 Å². The summed E-state index contributed by atoms with van der Waals surface area (Å²) in [6, 6.07) is 11.1. The first-order valence-corrected chi connectivity index (χ1v) is 9.02. The highest BCUT2D eigenvalue weighted by atomic mass is 19.1. The number of benzene rings is 2. The van der Waals surface area contributed by atoms with E-state index in [0.717, 1.165) is 0 Å². The van der Waals surface area contributed by atoms with E-state index in [-0.39, 0.29) is 18.3 Å². The molecule has 30 heavy (non-hydrogen) atoms. The third-order valence-electron chi connectivity index (χ3n) is 4.77. The number of anilines is 1. The number of pyridine rings is 1. The first kappa shape index (κ1) is 17.9. The van der Waals surface area contributed by atoms with E-state index < -0.39 is 5.82 Å². The van der Waals surface area contributed by atoms with Gasteiger partial charge in [-0.3, -0.25) is 14.9 Å². The van der Waals surface area contributed by atoms with Gasteiger partial charge in [0.05, 0.1) is 30.1 Å². The van der Waals surface area contributed by atoms with Gasteiger partial charge in [-0.1, -0.05) is 6.07 Å². The highest BCUT2D eigenvalue weighted by Gasteiger charge is 2.19. The van der Waals surface area contributed by atoms with Crippen molar-refractivity contribution >= 4 is 22.6 Å². The third kappa shape index (κ3) is 2.96. The van der Waals surface area contributed by atoms with E-state index in [1.807, 2.05) is 0 Å². The Morgan fingerprint density at radius 2 is 2.07 bits per heavy atom. The normalized spacial score (nSPS) is 12.2. The number of nitrogens with zero attached hydrogens (tertiary/aromatic N) is 2. The van der Waals surface area contributed by atoms with Gasteiger partial charge in [-0.25, -0.2) is 4.39 Å². The molecule has 3 heterocycles. The molecule has 0 saturated heterocycles. The molecule has 150 valence electrons. The topological polar surface area (TPSA) is 98.4 Å². The summed E-state index contributed by atoms with van der Waals surface area (Å²) in [7, 11) is 1.46. The summed E-state index contributed by atoms with van der Waals surface area (Å²) in [5, 5.41) is 10.3. The molecule has 2 N–H and O–H groups in total. The van der Waals surface area contributed by atoms with Crippen LogP contribution < -0.4 is 19.5 Å². The number of aromatic nitrogens is 3. The highest BCUT2D eigenvalue weighted by Crippen LogP contribution is 2.35. The van der Waals surface area contributed by atoms with Crippen LogP contribution in [0.1, 0.15) is 10.4 Å². The molecule has 5 rings (SSSR count). The fourth-order valence-electron chi connectivity index (χ4n) is 3.29. The predicted molar refractivity (Wildman–Crippen MR) is 106 cm³/mol. The lowest BCUT2D eigenvalue weighted by Gasteiger charge is -2.09. The Morgan fingerprint density at radius 3 is 2.93 bits per heavy atom. The van der Waals surface area contributed by atoms with E-state index in [1.165, 1.54) is 19.4 Å². The Labute approximate surface area is 169 Å². The molecule has 0 fully saturated rings. The number of aromatic amines is 1. The minimum absolute atomic E-state index is 0.125. The molecule has 9 heteroatoms. The Kier molecular flexibility index (Phi) is 4.20. The summed E-state index contributed by atoms with van der Waals surface area (Å²) in [5.74, 6) is 0.918. The van der Waals surface area contributed by atoms with Gasteiger partial charge in [0.15, 0.2) is 17.3 Å². The second-order valence-electron chi connectivity index (χ2n) is 6.53. The van der Waals surface area contributed by atoms with Crippen LogP contribution >= 0.6 is 0 Å². The number of ether oxygens (including phenoxy) is 3. The Hall–Kier alpha value is -4.14. The molecule has 0 unspecified atom stereocenters. The zero-order valence-corrected chi connectivity index (χ0v) is 15.7. The quantitative estimate of drug-likeness (QED) is 0.536. The van der Waals surface area contributed by atoms with Gasteiger partial charge in [-0.15, -0.1) is 0 Å². The zero-order valence-electron chi connectivity index (χ0n) is 15.7. The smallest absolute Gasteiger partial charge is 0.257 e. The first-order chi connectivity index (χ1) is 14.6. The van der Waals surface area contributed by atoms with E-state index in [0.29, 0.717) is 45.2 Å². The minimum atomic E-state index is -0.462. The summed E-state index contributed by atoms with van der Waals surface area (Å²) < 4.78 is 30.3. The first-order valence-electron chi connectivity index (χ1n) is 9.02. The van der Waals surface area contributed by atoms with E-state index in [4.69, 9.17) is 14.2 Å². The lowest BCUT2D eigenvalue weighted by Crippen LogP contribution is -2.12. The predicted octanol–water partition coefficient (Wildman–Crippen LogP) is 3.75. The van der Waals surface area contributed by atoms with Crippen molar-refractivity contribution in [1.29, 1.82) is 0 Å². The fraction of sp³-hybridized carbons (Fsp3) is 0.0952. The molecular formula is C21H15FN4O4. The van der Waals surface area contributed by atoms with Crippen LogP contribution in [0.2, 0.25) is 0 Å². The maximum atomic E-state index is 14.5. The average molecular weight is 406 g/mol. The average Bonchev–Trinajstić information content (AvgIpc) is 3.39. The van der Waals surface area contributed by atoms with Crippen molar-refractivity contribution < 1.29 is 23.4 Å². The molecule has 1 amide bonds. The van der Waals surface area contributed by atoms with Crippen molar-refractivity contribution in [2.45, 2.75) is 0 Å². The van der Waals surface area contributed by atoms with Gasteiger partial charge in [0.1, 0.15) is 11.6 Å². The number of nitrogens with one attached hydrogen (secondary N) is 2. The number of methoxy groups -OCH3 is 1. The fourth-order valence-corrected chi connectivity index (χ4v) is 3.29. The Morgan fingerprint density at radius 1 is 1.20 bits per heavy atom. The van der Waals surface area contributed by atoms with Gasteiger partial charge in [0.2, 0.25) is 6.79 Å². The highest BCUT2D eigenvalue weighted by molar-refractivity contribution is 6.08. The number of carbonyl (C=O) groups excluding carboxylic acids is 1. The Bertz CT molecular complexity index is 1290. The van der Waals surface area contributed by atoms with Crippen molar-refractivity contribution in [2.75, 3.05) is 19.2 Å². The maximum absolute atomic E-state index is 14.5. The second kappa shape index (κ2) is 7.03. The molecule has 2 aromatic heterocycles. The van der Waals surface area contributed by atoms with Crippen LogP contribution in [0.15, 0.2) is 48.7 Å². The zero-order chi connectivity index (χ0) is 20.7. The van der Waals surface area contributed by atoms with Crippen LogP contribution in [-0.2, 0) is 0 Å². The SMILES string of the molecule is COc1cccc(F)c1-c1cc2c(NC(=O)c3ccc4c(c3)OCO4)n[nH]c2cn1. The number of hydrogen-bond donors (Lipinski definition) is 2. The Balaban J connectivity index is 1.50. The molecular weight excluding hydrogens is 391 g/mol. The molecule has 0 radical (unpaired) electrons. The van der Waals surface area contributed by atoms with Gasteiger partial charge >= 0.3 is 0 Å². The number of amides is 1. The number of H-pyrrole nitrogens is 1. The van der Waals surface area contributed by atoms with Crippen LogP contribution in [-0.4, -0.2) is 35.0 Å². The molecule has 0 aliphatic carbocycles. The number of carbonyl (C=O) groups is 1. The second-order valence-corrected chi connectivity index (χ2v) is 6.53. The van der Waals surface area contributed by atoms with Crippen molar-refractivity contribution in [2.24, 2.45) is 0 Å². The van der Waals surface area contributed by atoms with Crippen LogP contribution in [0.25, 0.3) is 22.2 Å². The summed E-state index contributed by atoms with van der Waals surface area (Å²) in [4.78, 5) is 17.0.